The Hall–Kier alpha value is -4.11. The van der Waals surface area contributed by atoms with Crippen molar-refractivity contribution in [3.05, 3.63) is 105 Å². The second-order valence-electron chi connectivity index (χ2n) is 7.19. The molecule has 168 valence electrons. The Labute approximate surface area is 193 Å². The van der Waals surface area contributed by atoms with Gasteiger partial charge in [-0.15, -0.1) is 0 Å². The van der Waals surface area contributed by atoms with Crippen LogP contribution in [0.15, 0.2) is 71.1 Å². The third kappa shape index (κ3) is 5.39. The Morgan fingerprint density at radius 1 is 1.18 bits per heavy atom. The Morgan fingerprint density at radius 2 is 1.94 bits per heavy atom. The highest BCUT2D eigenvalue weighted by Gasteiger charge is 2.17. The van der Waals surface area contributed by atoms with E-state index in [1.807, 2.05) is 31.2 Å². The van der Waals surface area contributed by atoms with Gasteiger partial charge in [0.15, 0.2) is 17.3 Å². The number of carbonyl (C=O) groups is 1. The minimum atomic E-state index is -0.523. The Kier molecular flexibility index (Phi) is 6.41. The molecule has 4 rings (SSSR count). The molecule has 33 heavy (non-hydrogen) atoms. The summed E-state index contributed by atoms with van der Waals surface area (Å²) in [6, 6.07) is 18.3. The van der Waals surface area contributed by atoms with Gasteiger partial charge in [0.05, 0.1) is 11.5 Å². The monoisotopic (exact) mass is 466 g/mol. The van der Waals surface area contributed by atoms with Crippen molar-refractivity contribution in [2.24, 2.45) is 0 Å². The van der Waals surface area contributed by atoms with Gasteiger partial charge in [0.2, 0.25) is 0 Å². The fraction of sp³-hybridized carbons (Fsp3) is 0.130. The number of nitro groups is 1. The number of rotatable bonds is 8. The average Bonchev–Trinajstić information content (AvgIpc) is 3.40. The molecule has 0 fully saturated rings. The molecule has 0 bridgehead atoms. The van der Waals surface area contributed by atoms with Gasteiger partial charge in [0.1, 0.15) is 12.4 Å². The zero-order chi connectivity index (χ0) is 23.4. The number of nitro benzene ring substituents is 1. The number of anilines is 1. The van der Waals surface area contributed by atoms with E-state index in [0.717, 1.165) is 11.3 Å². The maximum atomic E-state index is 12.6. The van der Waals surface area contributed by atoms with Gasteiger partial charge in [-0.1, -0.05) is 35.9 Å². The second-order valence-corrected chi connectivity index (χ2v) is 7.63. The zero-order valence-electron chi connectivity index (χ0n) is 17.5. The standard InChI is InChI=1S/C23H19ClN4O5/c1-15-12-22(26-27(15)13-16-6-8-17(24)9-7-16)25-23(29)21-11-10-18(33-21)14-32-20-5-3-2-4-19(20)28(30)31/h2-12H,13-14H2,1H3,(H,25,26,29). The van der Waals surface area contributed by atoms with Crippen LogP contribution in [0.1, 0.15) is 27.6 Å². The molecule has 10 heteroatoms. The minimum Gasteiger partial charge on any atom is -0.479 e. The molecular weight excluding hydrogens is 448 g/mol. The van der Waals surface area contributed by atoms with Crippen molar-refractivity contribution >= 4 is 29.0 Å². The lowest BCUT2D eigenvalue weighted by Crippen LogP contribution is -2.12. The minimum absolute atomic E-state index is 0.0625. The van der Waals surface area contributed by atoms with Crippen LogP contribution in [0.5, 0.6) is 5.75 Å². The van der Waals surface area contributed by atoms with Crippen LogP contribution in [0, 0.1) is 17.0 Å². The zero-order valence-corrected chi connectivity index (χ0v) is 18.3. The van der Waals surface area contributed by atoms with Crippen molar-refractivity contribution < 1.29 is 18.9 Å². The van der Waals surface area contributed by atoms with E-state index in [1.54, 1.807) is 28.9 Å². The number of para-hydroxylation sites is 2. The van der Waals surface area contributed by atoms with E-state index in [9.17, 15) is 14.9 Å². The van der Waals surface area contributed by atoms with Gasteiger partial charge in [-0.05, 0) is 42.8 Å². The van der Waals surface area contributed by atoms with Crippen molar-refractivity contribution in [3.8, 4) is 5.75 Å². The van der Waals surface area contributed by atoms with E-state index in [-0.39, 0.29) is 23.8 Å². The number of aromatic nitrogens is 2. The molecule has 0 saturated heterocycles. The number of benzene rings is 2. The number of furan rings is 1. The van der Waals surface area contributed by atoms with Gasteiger partial charge in [-0.2, -0.15) is 5.10 Å². The molecule has 0 aliphatic heterocycles. The Balaban J connectivity index is 1.38. The van der Waals surface area contributed by atoms with Gasteiger partial charge in [0.25, 0.3) is 5.91 Å². The molecule has 4 aromatic rings. The summed E-state index contributed by atoms with van der Waals surface area (Å²) >= 11 is 5.92. The van der Waals surface area contributed by atoms with Crippen LogP contribution >= 0.6 is 11.6 Å². The van der Waals surface area contributed by atoms with Crippen molar-refractivity contribution in [2.45, 2.75) is 20.1 Å². The molecule has 0 aliphatic carbocycles. The lowest BCUT2D eigenvalue weighted by atomic mass is 10.2. The van der Waals surface area contributed by atoms with Crippen molar-refractivity contribution in [2.75, 3.05) is 5.32 Å². The molecule has 2 aromatic carbocycles. The molecule has 0 aliphatic rings. The summed E-state index contributed by atoms with van der Waals surface area (Å²) in [6.45, 7) is 2.36. The van der Waals surface area contributed by atoms with Crippen molar-refractivity contribution in [1.29, 1.82) is 0 Å². The summed E-state index contributed by atoms with van der Waals surface area (Å²) in [5.41, 5.74) is 1.75. The maximum Gasteiger partial charge on any atom is 0.310 e. The lowest BCUT2D eigenvalue weighted by molar-refractivity contribution is -0.386. The van der Waals surface area contributed by atoms with E-state index < -0.39 is 10.8 Å². The van der Waals surface area contributed by atoms with Crippen LogP contribution in [0.2, 0.25) is 5.02 Å². The topological polar surface area (TPSA) is 112 Å². The number of nitrogens with zero attached hydrogens (tertiary/aromatic N) is 3. The highest BCUT2D eigenvalue weighted by molar-refractivity contribution is 6.30. The molecule has 0 spiro atoms. The normalized spacial score (nSPS) is 10.7. The maximum absolute atomic E-state index is 12.6. The first-order chi connectivity index (χ1) is 15.9. The highest BCUT2D eigenvalue weighted by Crippen LogP contribution is 2.27. The molecule has 1 N–H and O–H groups in total. The van der Waals surface area contributed by atoms with E-state index in [0.29, 0.717) is 23.1 Å². The first-order valence-electron chi connectivity index (χ1n) is 9.94. The fourth-order valence-electron chi connectivity index (χ4n) is 3.13. The fourth-order valence-corrected chi connectivity index (χ4v) is 3.25. The van der Waals surface area contributed by atoms with Gasteiger partial charge in [0, 0.05) is 22.8 Å². The summed E-state index contributed by atoms with van der Waals surface area (Å²) in [5.74, 6) is 0.457. The number of amides is 1. The molecule has 0 saturated carbocycles. The summed E-state index contributed by atoms with van der Waals surface area (Å²) in [6.07, 6.45) is 0. The predicted octanol–water partition coefficient (Wildman–Crippen LogP) is 5.23. The second kappa shape index (κ2) is 9.58. The molecule has 1 amide bonds. The molecule has 0 unspecified atom stereocenters. The average molecular weight is 467 g/mol. The SMILES string of the molecule is Cc1cc(NC(=O)c2ccc(COc3ccccc3[N+](=O)[O-])o2)nn1Cc1ccc(Cl)cc1. The molecule has 0 atom stereocenters. The van der Waals surface area contributed by atoms with E-state index in [1.165, 1.54) is 18.2 Å². The molecule has 2 aromatic heterocycles. The smallest absolute Gasteiger partial charge is 0.310 e. The summed E-state index contributed by atoms with van der Waals surface area (Å²) in [7, 11) is 0. The van der Waals surface area contributed by atoms with Gasteiger partial charge in [-0.25, -0.2) is 0 Å². The Morgan fingerprint density at radius 3 is 2.70 bits per heavy atom. The van der Waals surface area contributed by atoms with E-state index in [2.05, 4.69) is 10.4 Å². The van der Waals surface area contributed by atoms with Crippen LogP contribution in [-0.2, 0) is 13.2 Å². The van der Waals surface area contributed by atoms with Crippen molar-refractivity contribution in [3.63, 3.8) is 0 Å². The van der Waals surface area contributed by atoms with E-state index in [4.69, 9.17) is 20.8 Å². The number of ether oxygens (including phenoxy) is 1. The van der Waals surface area contributed by atoms with Crippen molar-refractivity contribution in [1.82, 2.24) is 9.78 Å². The highest BCUT2D eigenvalue weighted by atomic mass is 35.5. The largest absolute Gasteiger partial charge is 0.479 e. The quantitative estimate of drug-likeness (QED) is 0.281. The first-order valence-corrected chi connectivity index (χ1v) is 10.3. The molecule has 9 nitrogen and oxygen atoms in total. The Bertz CT molecular complexity index is 1300. The number of aryl methyl sites for hydroxylation is 1. The third-order valence-electron chi connectivity index (χ3n) is 4.79. The first kappa shape index (κ1) is 22.1. The predicted molar refractivity (Wildman–Crippen MR) is 122 cm³/mol. The number of nitrogens with one attached hydrogen (secondary N) is 1. The van der Waals surface area contributed by atoms with Gasteiger partial charge in [-0.3, -0.25) is 19.6 Å². The summed E-state index contributed by atoms with van der Waals surface area (Å²) in [4.78, 5) is 23.1. The van der Waals surface area contributed by atoms with Crippen LogP contribution in [0.4, 0.5) is 11.5 Å². The number of hydrogen-bond donors (Lipinski definition) is 1. The molecule has 2 heterocycles. The summed E-state index contributed by atoms with van der Waals surface area (Å²) in [5, 5.41) is 18.9. The van der Waals surface area contributed by atoms with Crippen LogP contribution in [0.25, 0.3) is 0 Å². The number of halogens is 1. The number of carbonyl (C=O) groups excluding carboxylic acids is 1. The lowest BCUT2D eigenvalue weighted by Gasteiger charge is -2.05. The number of hydrogen-bond acceptors (Lipinski definition) is 6. The van der Waals surface area contributed by atoms with Crippen LogP contribution in [0.3, 0.4) is 0 Å². The molecule has 0 radical (unpaired) electrons. The van der Waals surface area contributed by atoms with Gasteiger partial charge < -0.3 is 14.5 Å². The summed E-state index contributed by atoms with van der Waals surface area (Å²) < 4.78 is 12.8. The third-order valence-corrected chi connectivity index (χ3v) is 5.04. The van der Waals surface area contributed by atoms with Crippen LogP contribution in [-0.4, -0.2) is 20.6 Å². The molecular formula is C23H19ClN4O5. The van der Waals surface area contributed by atoms with E-state index >= 15 is 0 Å². The van der Waals surface area contributed by atoms with Crippen LogP contribution < -0.4 is 10.1 Å². The van der Waals surface area contributed by atoms with Gasteiger partial charge >= 0.3 is 5.69 Å².